The second-order valence-electron chi connectivity index (χ2n) is 4.58. The van der Waals surface area contributed by atoms with E-state index in [4.69, 9.17) is 4.42 Å². The van der Waals surface area contributed by atoms with Crippen molar-refractivity contribution in [2.45, 2.75) is 26.4 Å². The van der Waals surface area contributed by atoms with E-state index in [-0.39, 0.29) is 0 Å². The minimum atomic E-state index is -0.730. The quantitative estimate of drug-likeness (QED) is 0.833. The van der Waals surface area contributed by atoms with E-state index in [1.807, 2.05) is 25.1 Å². The number of hydrogen-bond donors (Lipinski definition) is 2. The second-order valence-corrected chi connectivity index (χ2v) is 4.58. The van der Waals surface area contributed by atoms with Crippen LogP contribution in [0.3, 0.4) is 0 Å². The summed E-state index contributed by atoms with van der Waals surface area (Å²) in [5, 5.41) is 12.7. The van der Waals surface area contributed by atoms with Gasteiger partial charge in [0, 0.05) is 25.2 Å². The normalized spacial score (nSPS) is 12.0. The molecule has 2 N–H and O–H groups in total. The summed E-state index contributed by atoms with van der Waals surface area (Å²) in [6, 6.07) is 5.72. The van der Waals surface area contributed by atoms with Crippen molar-refractivity contribution >= 4 is 16.8 Å². The third-order valence-corrected chi connectivity index (χ3v) is 2.22. The van der Waals surface area contributed by atoms with Crippen LogP contribution in [0.25, 0.3) is 11.1 Å². The Morgan fingerprint density at radius 1 is 1.44 bits per heavy atom. The minimum Gasteiger partial charge on any atom is -0.441 e. The van der Waals surface area contributed by atoms with Gasteiger partial charge in [-0.3, -0.25) is 0 Å². The molecule has 16 heavy (non-hydrogen) atoms. The summed E-state index contributed by atoms with van der Waals surface area (Å²) in [6.07, 6.45) is 0. The van der Waals surface area contributed by atoms with E-state index in [9.17, 15) is 5.11 Å². The Hall–Kier alpha value is -1.55. The molecule has 0 unspecified atom stereocenters. The zero-order valence-electron chi connectivity index (χ0n) is 9.74. The number of rotatable bonds is 3. The highest BCUT2D eigenvalue weighted by Crippen LogP contribution is 2.20. The summed E-state index contributed by atoms with van der Waals surface area (Å²) in [6.45, 7) is 5.84. The predicted molar refractivity (Wildman–Crippen MR) is 63.5 cm³/mol. The lowest BCUT2D eigenvalue weighted by molar-refractivity contribution is 0.0945. The molecule has 4 heteroatoms. The number of anilines is 1. The van der Waals surface area contributed by atoms with Gasteiger partial charge < -0.3 is 14.8 Å². The van der Waals surface area contributed by atoms with E-state index in [1.165, 1.54) is 0 Å². The Balaban J connectivity index is 2.19. The number of benzene rings is 1. The molecule has 4 nitrogen and oxygen atoms in total. The third kappa shape index (κ3) is 2.52. The molecular weight excluding hydrogens is 204 g/mol. The summed E-state index contributed by atoms with van der Waals surface area (Å²) in [5.74, 6) is 0.662. The van der Waals surface area contributed by atoms with E-state index >= 15 is 0 Å². The Morgan fingerprint density at radius 3 is 2.88 bits per heavy atom. The molecule has 0 aliphatic carbocycles. The number of oxazole rings is 1. The fourth-order valence-electron chi connectivity index (χ4n) is 1.47. The summed E-state index contributed by atoms with van der Waals surface area (Å²) >= 11 is 0. The Bertz CT molecular complexity index is 497. The van der Waals surface area contributed by atoms with Gasteiger partial charge in [-0.15, -0.1) is 0 Å². The fraction of sp³-hybridized carbons (Fsp3) is 0.417. The molecule has 2 rings (SSSR count). The van der Waals surface area contributed by atoms with Gasteiger partial charge >= 0.3 is 0 Å². The zero-order chi connectivity index (χ0) is 11.8. The van der Waals surface area contributed by atoms with Crippen molar-refractivity contribution in [3.63, 3.8) is 0 Å². The molecule has 0 aliphatic heterocycles. The molecule has 1 aromatic carbocycles. The molecule has 0 amide bonds. The topological polar surface area (TPSA) is 58.3 Å². The van der Waals surface area contributed by atoms with Crippen molar-refractivity contribution < 1.29 is 9.52 Å². The summed E-state index contributed by atoms with van der Waals surface area (Å²) in [7, 11) is 0. The third-order valence-electron chi connectivity index (χ3n) is 2.22. The molecule has 86 valence electrons. The van der Waals surface area contributed by atoms with Crippen molar-refractivity contribution in [3.8, 4) is 0 Å². The Labute approximate surface area is 94.3 Å². The maximum absolute atomic E-state index is 9.60. The van der Waals surface area contributed by atoms with E-state index in [0.29, 0.717) is 12.4 Å². The predicted octanol–water partition coefficient (Wildman–Crippen LogP) is 2.32. The van der Waals surface area contributed by atoms with E-state index in [1.54, 1.807) is 13.8 Å². The summed E-state index contributed by atoms with van der Waals surface area (Å²) in [5.41, 5.74) is 1.81. The van der Waals surface area contributed by atoms with E-state index in [2.05, 4.69) is 10.3 Å². The van der Waals surface area contributed by atoms with Crippen LogP contribution in [0.2, 0.25) is 0 Å². The van der Waals surface area contributed by atoms with Gasteiger partial charge in [0.1, 0.15) is 5.52 Å². The van der Waals surface area contributed by atoms with Crippen molar-refractivity contribution in [1.82, 2.24) is 4.98 Å². The largest absolute Gasteiger partial charge is 0.441 e. The van der Waals surface area contributed by atoms with Crippen LogP contribution in [-0.4, -0.2) is 22.2 Å². The average Bonchev–Trinajstić information content (AvgIpc) is 2.52. The maximum atomic E-state index is 9.60. The number of fused-ring (bicyclic) bond motifs is 1. The van der Waals surface area contributed by atoms with Crippen molar-refractivity contribution in [2.75, 3.05) is 11.9 Å². The van der Waals surface area contributed by atoms with Crippen molar-refractivity contribution in [2.24, 2.45) is 0 Å². The Kier molecular flexibility index (Phi) is 2.59. The van der Waals surface area contributed by atoms with Gasteiger partial charge in [-0.1, -0.05) is 0 Å². The number of aryl methyl sites for hydroxylation is 1. The van der Waals surface area contributed by atoms with E-state index in [0.717, 1.165) is 16.8 Å². The molecule has 0 saturated carbocycles. The van der Waals surface area contributed by atoms with Crippen LogP contribution in [-0.2, 0) is 0 Å². The molecule has 1 heterocycles. The SMILES string of the molecule is Cc1nc2ccc(NCC(C)(C)O)cc2o1. The van der Waals surface area contributed by atoms with Gasteiger partial charge in [-0.25, -0.2) is 4.98 Å². The van der Waals surface area contributed by atoms with Crippen LogP contribution in [0.1, 0.15) is 19.7 Å². The standard InChI is InChI=1S/C12H16N2O2/c1-8-14-10-5-4-9(6-11(10)16-8)13-7-12(2,3)15/h4-6,13,15H,7H2,1-3H3. The first-order valence-electron chi connectivity index (χ1n) is 5.27. The van der Waals surface area contributed by atoms with Gasteiger partial charge in [0.2, 0.25) is 0 Å². The number of aliphatic hydroxyl groups is 1. The van der Waals surface area contributed by atoms with Crippen LogP contribution in [0.5, 0.6) is 0 Å². The maximum Gasteiger partial charge on any atom is 0.192 e. The lowest BCUT2D eigenvalue weighted by atomic mass is 10.1. The highest BCUT2D eigenvalue weighted by Gasteiger charge is 2.12. The van der Waals surface area contributed by atoms with Crippen LogP contribution < -0.4 is 5.32 Å². The van der Waals surface area contributed by atoms with Gasteiger partial charge in [-0.05, 0) is 26.0 Å². The van der Waals surface area contributed by atoms with Gasteiger partial charge in [0.15, 0.2) is 11.5 Å². The summed E-state index contributed by atoms with van der Waals surface area (Å²) in [4.78, 5) is 4.22. The molecule has 0 fully saturated rings. The molecular formula is C12H16N2O2. The molecule has 0 aliphatic rings. The lowest BCUT2D eigenvalue weighted by Gasteiger charge is -2.18. The monoisotopic (exact) mass is 220 g/mol. The first-order valence-corrected chi connectivity index (χ1v) is 5.27. The van der Waals surface area contributed by atoms with Crippen LogP contribution in [0, 0.1) is 6.92 Å². The highest BCUT2D eigenvalue weighted by atomic mass is 16.3. The number of nitrogens with zero attached hydrogens (tertiary/aromatic N) is 1. The second kappa shape index (κ2) is 3.79. The van der Waals surface area contributed by atoms with Crippen LogP contribution in [0.4, 0.5) is 5.69 Å². The first kappa shape index (κ1) is 11.0. The number of nitrogens with one attached hydrogen (secondary N) is 1. The molecule has 0 atom stereocenters. The first-order chi connectivity index (χ1) is 7.44. The molecule has 0 saturated heterocycles. The van der Waals surface area contributed by atoms with Gasteiger partial charge in [0.05, 0.1) is 5.60 Å². The van der Waals surface area contributed by atoms with Crippen LogP contribution in [0.15, 0.2) is 22.6 Å². The zero-order valence-corrected chi connectivity index (χ0v) is 9.74. The lowest BCUT2D eigenvalue weighted by Crippen LogP contribution is -2.29. The Morgan fingerprint density at radius 2 is 2.19 bits per heavy atom. The molecule has 0 radical (unpaired) electrons. The van der Waals surface area contributed by atoms with E-state index < -0.39 is 5.60 Å². The average molecular weight is 220 g/mol. The highest BCUT2D eigenvalue weighted by molar-refractivity contribution is 5.77. The van der Waals surface area contributed by atoms with Crippen LogP contribution >= 0.6 is 0 Å². The molecule has 0 bridgehead atoms. The molecule has 1 aromatic heterocycles. The van der Waals surface area contributed by atoms with Crippen molar-refractivity contribution in [3.05, 3.63) is 24.1 Å². The summed E-state index contributed by atoms with van der Waals surface area (Å²) < 4.78 is 5.43. The smallest absolute Gasteiger partial charge is 0.192 e. The fourth-order valence-corrected chi connectivity index (χ4v) is 1.47. The minimum absolute atomic E-state index is 0.492. The molecule has 2 aromatic rings. The van der Waals surface area contributed by atoms with Crippen molar-refractivity contribution in [1.29, 1.82) is 0 Å². The number of hydrogen-bond acceptors (Lipinski definition) is 4. The van der Waals surface area contributed by atoms with Gasteiger partial charge in [-0.2, -0.15) is 0 Å². The van der Waals surface area contributed by atoms with Gasteiger partial charge in [0.25, 0.3) is 0 Å². The number of aromatic nitrogens is 1. The molecule has 0 spiro atoms.